The number of carbonyl (C=O) groups excluding carboxylic acids is 1. The summed E-state index contributed by atoms with van der Waals surface area (Å²) in [7, 11) is 0. The van der Waals surface area contributed by atoms with Gasteiger partial charge in [-0.05, 0) is 19.8 Å². The predicted octanol–water partition coefficient (Wildman–Crippen LogP) is -0.0196. The molecule has 0 aromatic heterocycles. The summed E-state index contributed by atoms with van der Waals surface area (Å²) < 4.78 is 0. The molecule has 4 nitrogen and oxygen atoms in total. The maximum absolute atomic E-state index is 11.5. The molecule has 3 atom stereocenters. The number of nitrogens with one attached hydrogen (secondary N) is 2. The number of hydrogen-bond donors (Lipinski definition) is 3. The van der Waals surface area contributed by atoms with Crippen molar-refractivity contribution < 1.29 is 4.79 Å². The largest absolute Gasteiger partial charge is 0.351 e. The Morgan fingerprint density at radius 1 is 1.71 bits per heavy atom. The van der Waals surface area contributed by atoms with Crippen LogP contribution in [0, 0.1) is 0 Å². The molecule has 0 aromatic carbocycles. The van der Waals surface area contributed by atoms with Gasteiger partial charge < -0.3 is 16.4 Å². The number of carbonyl (C=O) groups is 1. The molecule has 4 heteroatoms. The Morgan fingerprint density at radius 3 is 2.93 bits per heavy atom. The highest BCUT2D eigenvalue weighted by molar-refractivity contribution is 5.81. The van der Waals surface area contributed by atoms with Crippen molar-refractivity contribution in [2.45, 2.75) is 51.2 Å². The van der Waals surface area contributed by atoms with Crippen LogP contribution in [0.15, 0.2) is 0 Å². The molecular formula is C10H21N3O. The summed E-state index contributed by atoms with van der Waals surface area (Å²) >= 11 is 0. The summed E-state index contributed by atoms with van der Waals surface area (Å²) in [5, 5.41) is 6.26. The van der Waals surface area contributed by atoms with Gasteiger partial charge in [-0.3, -0.25) is 4.79 Å². The lowest BCUT2D eigenvalue weighted by Crippen LogP contribution is -2.46. The number of hydrogen-bond acceptors (Lipinski definition) is 3. The van der Waals surface area contributed by atoms with Crippen molar-refractivity contribution in [3.63, 3.8) is 0 Å². The van der Waals surface area contributed by atoms with Crippen molar-refractivity contribution in [3.8, 4) is 0 Å². The van der Waals surface area contributed by atoms with Gasteiger partial charge in [0.25, 0.3) is 0 Å². The first-order chi connectivity index (χ1) is 6.63. The Balaban J connectivity index is 2.26. The maximum Gasteiger partial charge on any atom is 0.237 e. The van der Waals surface area contributed by atoms with E-state index in [1.807, 2.05) is 6.92 Å². The fraction of sp³-hybridized carbons (Fsp3) is 0.900. The SMILES string of the molecule is CCCC(N)C(=O)NC1CNC(C)C1. The van der Waals surface area contributed by atoms with E-state index in [1.54, 1.807) is 0 Å². The van der Waals surface area contributed by atoms with Crippen molar-refractivity contribution in [2.24, 2.45) is 5.73 Å². The summed E-state index contributed by atoms with van der Waals surface area (Å²) in [6.07, 6.45) is 2.72. The number of amides is 1. The van der Waals surface area contributed by atoms with E-state index in [9.17, 15) is 4.79 Å². The lowest BCUT2D eigenvalue weighted by atomic mass is 10.1. The quantitative estimate of drug-likeness (QED) is 0.596. The minimum atomic E-state index is -0.337. The number of rotatable bonds is 4. The van der Waals surface area contributed by atoms with Crippen molar-refractivity contribution in [1.82, 2.24) is 10.6 Å². The van der Waals surface area contributed by atoms with E-state index in [0.717, 1.165) is 25.8 Å². The Bertz CT molecular complexity index is 196. The van der Waals surface area contributed by atoms with Crippen molar-refractivity contribution >= 4 is 5.91 Å². The number of nitrogens with two attached hydrogens (primary N) is 1. The van der Waals surface area contributed by atoms with E-state index in [-0.39, 0.29) is 18.0 Å². The minimum Gasteiger partial charge on any atom is -0.351 e. The minimum absolute atomic E-state index is 0.00671. The highest BCUT2D eigenvalue weighted by atomic mass is 16.2. The van der Waals surface area contributed by atoms with Crippen molar-refractivity contribution in [2.75, 3.05) is 6.54 Å². The smallest absolute Gasteiger partial charge is 0.237 e. The van der Waals surface area contributed by atoms with Gasteiger partial charge in [0.2, 0.25) is 5.91 Å². The van der Waals surface area contributed by atoms with Crippen LogP contribution in [-0.2, 0) is 4.79 Å². The summed E-state index contributed by atoms with van der Waals surface area (Å²) in [6.45, 7) is 5.02. The standard InChI is InChI=1S/C10H21N3O/c1-3-4-9(11)10(14)13-8-5-7(2)12-6-8/h7-9,12H,3-6,11H2,1-2H3,(H,13,14). The molecule has 1 saturated heterocycles. The van der Waals surface area contributed by atoms with Crippen molar-refractivity contribution in [3.05, 3.63) is 0 Å². The molecule has 3 unspecified atom stereocenters. The molecule has 82 valence electrons. The van der Waals surface area contributed by atoms with Gasteiger partial charge in [-0.2, -0.15) is 0 Å². The van der Waals surface area contributed by atoms with Crippen LogP contribution in [0.1, 0.15) is 33.1 Å². The molecule has 14 heavy (non-hydrogen) atoms. The first kappa shape index (κ1) is 11.5. The van der Waals surface area contributed by atoms with Crippen LogP contribution in [0.25, 0.3) is 0 Å². The van der Waals surface area contributed by atoms with Crippen LogP contribution in [0.3, 0.4) is 0 Å². The summed E-state index contributed by atoms with van der Waals surface area (Å²) in [4.78, 5) is 11.5. The molecule has 1 amide bonds. The zero-order valence-corrected chi connectivity index (χ0v) is 9.05. The molecule has 1 aliphatic rings. The van der Waals surface area contributed by atoms with Gasteiger partial charge in [0.1, 0.15) is 0 Å². The van der Waals surface area contributed by atoms with Gasteiger partial charge in [-0.15, -0.1) is 0 Å². The lowest BCUT2D eigenvalue weighted by Gasteiger charge is -2.15. The van der Waals surface area contributed by atoms with Crippen LogP contribution in [-0.4, -0.2) is 30.6 Å². The first-order valence-corrected chi connectivity index (χ1v) is 5.42. The van der Waals surface area contributed by atoms with Gasteiger partial charge in [0.15, 0.2) is 0 Å². The third kappa shape index (κ3) is 3.27. The predicted molar refractivity (Wildman–Crippen MR) is 56.9 cm³/mol. The van der Waals surface area contributed by atoms with E-state index in [4.69, 9.17) is 5.73 Å². The molecule has 0 saturated carbocycles. The summed E-state index contributed by atoms with van der Waals surface area (Å²) in [6, 6.07) is 0.430. The van der Waals surface area contributed by atoms with Crippen LogP contribution >= 0.6 is 0 Å². The first-order valence-electron chi connectivity index (χ1n) is 5.42. The molecule has 1 fully saturated rings. The topological polar surface area (TPSA) is 67.2 Å². The third-order valence-electron chi connectivity index (χ3n) is 2.63. The second-order valence-electron chi connectivity index (χ2n) is 4.15. The molecular weight excluding hydrogens is 178 g/mol. The normalized spacial score (nSPS) is 28.8. The van der Waals surface area contributed by atoms with E-state index < -0.39 is 0 Å². The fourth-order valence-corrected chi connectivity index (χ4v) is 1.80. The average molecular weight is 199 g/mol. The molecule has 1 aliphatic heterocycles. The van der Waals surface area contributed by atoms with Gasteiger partial charge in [0.05, 0.1) is 6.04 Å². The Kier molecular flexibility index (Phi) is 4.35. The molecule has 1 rings (SSSR count). The second kappa shape index (κ2) is 5.32. The van der Waals surface area contributed by atoms with Crippen LogP contribution in [0.5, 0.6) is 0 Å². The van der Waals surface area contributed by atoms with Crippen LogP contribution in [0.2, 0.25) is 0 Å². The molecule has 4 N–H and O–H groups in total. The summed E-state index contributed by atoms with van der Waals surface area (Å²) in [5.41, 5.74) is 5.71. The zero-order chi connectivity index (χ0) is 10.6. The monoisotopic (exact) mass is 199 g/mol. The summed E-state index contributed by atoms with van der Waals surface area (Å²) in [5.74, 6) is -0.00671. The van der Waals surface area contributed by atoms with Gasteiger partial charge >= 0.3 is 0 Å². The molecule has 1 heterocycles. The van der Waals surface area contributed by atoms with E-state index in [1.165, 1.54) is 0 Å². The molecule has 0 spiro atoms. The zero-order valence-electron chi connectivity index (χ0n) is 9.05. The van der Waals surface area contributed by atoms with Crippen LogP contribution < -0.4 is 16.4 Å². The van der Waals surface area contributed by atoms with Crippen LogP contribution in [0.4, 0.5) is 0 Å². The van der Waals surface area contributed by atoms with Gasteiger partial charge in [0, 0.05) is 18.6 Å². The highest BCUT2D eigenvalue weighted by Gasteiger charge is 2.23. The maximum atomic E-state index is 11.5. The van der Waals surface area contributed by atoms with Crippen molar-refractivity contribution in [1.29, 1.82) is 0 Å². The Morgan fingerprint density at radius 2 is 2.43 bits per heavy atom. The fourth-order valence-electron chi connectivity index (χ4n) is 1.80. The highest BCUT2D eigenvalue weighted by Crippen LogP contribution is 2.05. The van der Waals surface area contributed by atoms with E-state index in [2.05, 4.69) is 17.6 Å². The van der Waals surface area contributed by atoms with E-state index >= 15 is 0 Å². The Hall–Kier alpha value is -0.610. The molecule has 0 bridgehead atoms. The van der Waals surface area contributed by atoms with E-state index in [0.29, 0.717) is 6.04 Å². The Labute approximate surface area is 85.6 Å². The lowest BCUT2D eigenvalue weighted by molar-refractivity contribution is -0.123. The third-order valence-corrected chi connectivity index (χ3v) is 2.63. The van der Waals surface area contributed by atoms with Gasteiger partial charge in [-0.1, -0.05) is 13.3 Å². The van der Waals surface area contributed by atoms with Gasteiger partial charge in [-0.25, -0.2) is 0 Å². The molecule has 0 aliphatic carbocycles. The second-order valence-corrected chi connectivity index (χ2v) is 4.15. The average Bonchev–Trinajstić information content (AvgIpc) is 2.51. The molecule has 0 radical (unpaired) electrons. The molecule has 0 aromatic rings.